The molecule has 0 amide bonds. The number of rotatable bonds is 3. The van der Waals surface area contributed by atoms with Crippen molar-refractivity contribution in [2.45, 2.75) is 6.61 Å². The van der Waals surface area contributed by atoms with E-state index in [1.807, 2.05) is 11.4 Å². The quantitative estimate of drug-likeness (QED) is 0.770. The van der Waals surface area contributed by atoms with E-state index in [1.165, 1.54) is 17.4 Å². The minimum Gasteiger partial charge on any atom is -0.508 e. The summed E-state index contributed by atoms with van der Waals surface area (Å²) in [6.07, 6.45) is 0. The second kappa shape index (κ2) is 4.90. The molecule has 19 heavy (non-hydrogen) atoms. The van der Waals surface area contributed by atoms with Gasteiger partial charge in [-0.2, -0.15) is 0 Å². The fraction of sp³-hybridized carbons (Fsp3) is 0.0667. The highest BCUT2D eigenvalue weighted by atomic mass is 32.1. The predicted octanol–water partition coefficient (Wildman–Crippen LogP) is 4.33. The van der Waals surface area contributed by atoms with Crippen molar-refractivity contribution in [2.24, 2.45) is 0 Å². The first-order valence-corrected chi connectivity index (χ1v) is 6.68. The van der Waals surface area contributed by atoms with Gasteiger partial charge in [-0.25, -0.2) is 4.39 Å². The van der Waals surface area contributed by atoms with Gasteiger partial charge in [0.2, 0.25) is 0 Å². The Balaban J connectivity index is 1.82. The van der Waals surface area contributed by atoms with Gasteiger partial charge in [-0.05, 0) is 35.7 Å². The summed E-state index contributed by atoms with van der Waals surface area (Å²) in [7, 11) is 0. The molecule has 3 aromatic rings. The highest BCUT2D eigenvalue weighted by molar-refractivity contribution is 7.17. The van der Waals surface area contributed by atoms with Gasteiger partial charge in [0.15, 0.2) is 0 Å². The lowest BCUT2D eigenvalue weighted by molar-refractivity contribution is 0.307. The van der Waals surface area contributed by atoms with Crippen molar-refractivity contribution in [1.82, 2.24) is 0 Å². The zero-order valence-electron chi connectivity index (χ0n) is 9.97. The number of halogens is 1. The summed E-state index contributed by atoms with van der Waals surface area (Å²) >= 11 is 1.38. The topological polar surface area (TPSA) is 29.5 Å². The van der Waals surface area contributed by atoms with E-state index in [1.54, 1.807) is 30.3 Å². The lowest BCUT2D eigenvalue weighted by atomic mass is 10.2. The van der Waals surface area contributed by atoms with Crippen LogP contribution in [0.5, 0.6) is 11.5 Å². The lowest BCUT2D eigenvalue weighted by Gasteiger charge is -2.05. The Morgan fingerprint density at radius 2 is 1.89 bits per heavy atom. The summed E-state index contributed by atoms with van der Waals surface area (Å²) in [5.74, 6) is 0.683. The number of aromatic hydroxyl groups is 1. The molecule has 96 valence electrons. The Morgan fingerprint density at radius 1 is 1.11 bits per heavy atom. The summed E-state index contributed by atoms with van der Waals surface area (Å²) in [4.78, 5) is 0. The normalized spacial score (nSPS) is 10.8. The van der Waals surface area contributed by atoms with Crippen molar-refractivity contribution in [3.63, 3.8) is 0 Å². The smallest absolute Gasteiger partial charge is 0.140 e. The molecule has 0 fully saturated rings. The maximum absolute atomic E-state index is 13.5. The molecule has 3 rings (SSSR count). The molecular formula is C15H11FO2S. The molecule has 0 aliphatic carbocycles. The minimum atomic E-state index is -0.196. The number of ether oxygens (including phenoxy) is 1. The average molecular weight is 274 g/mol. The zero-order chi connectivity index (χ0) is 13.2. The molecule has 0 aliphatic heterocycles. The molecule has 1 N–H and O–H groups in total. The predicted molar refractivity (Wildman–Crippen MR) is 74.2 cm³/mol. The van der Waals surface area contributed by atoms with E-state index in [-0.39, 0.29) is 11.6 Å². The van der Waals surface area contributed by atoms with Crippen LogP contribution < -0.4 is 4.74 Å². The van der Waals surface area contributed by atoms with Gasteiger partial charge >= 0.3 is 0 Å². The Hall–Kier alpha value is -2.07. The van der Waals surface area contributed by atoms with Crippen molar-refractivity contribution in [1.29, 1.82) is 0 Å². The maximum atomic E-state index is 13.5. The number of phenolic OH excluding ortho intramolecular Hbond substituents is 1. The second-order valence-electron chi connectivity index (χ2n) is 4.16. The third kappa shape index (κ3) is 2.39. The minimum absolute atomic E-state index is 0.196. The SMILES string of the molecule is Oc1ccc(OCc2csc3c(F)cccc23)cc1. The molecule has 4 heteroatoms. The van der Waals surface area contributed by atoms with Gasteiger partial charge in [-0.3, -0.25) is 0 Å². The standard InChI is InChI=1S/C15H11FO2S/c16-14-3-1-2-13-10(9-19-15(13)14)8-18-12-6-4-11(17)5-7-12/h1-7,9,17H,8H2. The molecule has 0 unspecified atom stereocenters. The Bertz CT molecular complexity index is 704. The van der Waals surface area contributed by atoms with Crippen LogP contribution in [-0.4, -0.2) is 5.11 Å². The number of phenols is 1. The average Bonchev–Trinajstić information content (AvgIpc) is 2.83. The number of hydrogen-bond donors (Lipinski definition) is 1. The van der Waals surface area contributed by atoms with Crippen LogP contribution in [-0.2, 0) is 6.61 Å². The molecule has 0 saturated heterocycles. The van der Waals surface area contributed by atoms with E-state index in [4.69, 9.17) is 4.74 Å². The summed E-state index contributed by atoms with van der Waals surface area (Å²) in [6.45, 7) is 0.383. The molecule has 0 atom stereocenters. The Morgan fingerprint density at radius 3 is 2.68 bits per heavy atom. The van der Waals surface area contributed by atoms with Crippen molar-refractivity contribution in [2.75, 3.05) is 0 Å². The first-order valence-electron chi connectivity index (χ1n) is 5.80. The van der Waals surface area contributed by atoms with Crippen LogP contribution in [0.1, 0.15) is 5.56 Å². The molecule has 1 aromatic heterocycles. The highest BCUT2D eigenvalue weighted by Crippen LogP contribution is 2.29. The van der Waals surface area contributed by atoms with E-state index in [2.05, 4.69) is 0 Å². The van der Waals surface area contributed by atoms with E-state index in [0.29, 0.717) is 17.1 Å². The third-order valence-electron chi connectivity index (χ3n) is 2.86. The van der Waals surface area contributed by atoms with Crippen LogP contribution in [0.25, 0.3) is 10.1 Å². The largest absolute Gasteiger partial charge is 0.508 e. The van der Waals surface area contributed by atoms with Crippen LogP contribution in [0.3, 0.4) is 0 Å². The molecular weight excluding hydrogens is 263 g/mol. The van der Waals surface area contributed by atoms with E-state index < -0.39 is 0 Å². The summed E-state index contributed by atoms with van der Waals surface area (Å²) in [6, 6.07) is 11.6. The maximum Gasteiger partial charge on any atom is 0.140 e. The van der Waals surface area contributed by atoms with Crippen LogP contribution in [0, 0.1) is 5.82 Å². The van der Waals surface area contributed by atoms with Crippen LogP contribution in [0.2, 0.25) is 0 Å². The van der Waals surface area contributed by atoms with E-state index in [0.717, 1.165) is 10.9 Å². The first-order chi connectivity index (χ1) is 9.24. The summed E-state index contributed by atoms with van der Waals surface area (Å²) in [5.41, 5.74) is 0.965. The molecule has 1 heterocycles. The van der Waals surface area contributed by atoms with Crippen LogP contribution in [0.15, 0.2) is 47.8 Å². The highest BCUT2D eigenvalue weighted by Gasteiger charge is 2.08. The van der Waals surface area contributed by atoms with Gasteiger partial charge in [0, 0.05) is 10.9 Å². The third-order valence-corrected chi connectivity index (χ3v) is 3.92. The number of benzene rings is 2. The molecule has 0 bridgehead atoms. The van der Waals surface area contributed by atoms with E-state index >= 15 is 0 Å². The Kier molecular flexibility index (Phi) is 3.09. The van der Waals surface area contributed by atoms with Crippen molar-refractivity contribution in [3.8, 4) is 11.5 Å². The van der Waals surface area contributed by atoms with Gasteiger partial charge in [-0.1, -0.05) is 12.1 Å². The fourth-order valence-corrected chi connectivity index (χ4v) is 2.85. The van der Waals surface area contributed by atoms with E-state index in [9.17, 15) is 9.50 Å². The number of thiophene rings is 1. The van der Waals surface area contributed by atoms with Crippen molar-refractivity contribution >= 4 is 21.4 Å². The van der Waals surface area contributed by atoms with Gasteiger partial charge in [0.05, 0.1) is 4.70 Å². The van der Waals surface area contributed by atoms with Crippen LogP contribution in [0.4, 0.5) is 4.39 Å². The molecule has 0 saturated carbocycles. The molecule has 0 aliphatic rings. The second-order valence-corrected chi connectivity index (χ2v) is 5.04. The monoisotopic (exact) mass is 274 g/mol. The lowest BCUT2D eigenvalue weighted by Crippen LogP contribution is -1.94. The fourth-order valence-electron chi connectivity index (χ4n) is 1.89. The van der Waals surface area contributed by atoms with Gasteiger partial charge in [-0.15, -0.1) is 11.3 Å². The summed E-state index contributed by atoms with van der Waals surface area (Å²) in [5, 5.41) is 12.0. The van der Waals surface area contributed by atoms with Crippen molar-refractivity contribution < 1.29 is 14.2 Å². The first kappa shape index (κ1) is 12.0. The molecule has 0 radical (unpaired) electrons. The zero-order valence-corrected chi connectivity index (χ0v) is 10.8. The van der Waals surface area contributed by atoms with Gasteiger partial charge in [0.1, 0.15) is 23.9 Å². The molecule has 2 nitrogen and oxygen atoms in total. The number of fused-ring (bicyclic) bond motifs is 1. The van der Waals surface area contributed by atoms with Gasteiger partial charge in [0.25, 0.3) is 0 Å². The molecule has 2 aromatic carbocycles. The molecule has 0 spiro atoms. The van der Waals surface area contributed by atoms with Crippen molar-refractivity contribution in [3.05, 3.63) is 59.2 Å². The summed E-state index contributed by atoms with van der Waals surface area (Å²) < 4.78 is 19.8. The number of hydrogen-bond acceptors (Lipinski definition) is 3. The van der Waals surface area contributed by atoms with Crippen LogP contribution >= 0.6 is 11.3 Å². The Labute approximate surface area is 113 Å². The van der Waals surface area contributed by atoms with Gasteiger partial charge < -0.3 is 9.84 Å².